The minimum Gasteiger partial charge on any atom is -0.397 e. The minimum atomic E-state index is 0.0264. The second-order valence-electron chi connectivity index (χ2n) is 5.48. The lowest BCUT2D eigenvalue weighted by molar-refractivity contribution is 0.0779. The van der Waals surface area contributed by atoms with Crippen molar-refractivity contribution in [2.75, 3.05) is 18.8 Å². The van der Waals surface area contributed by atoms with Gasteiger partial charge in [0.05, 0.1) is 5.69 Å². The molecule has 0 saturated heterocycles. The van der Waals surface area contributed by atoms with Gasteiger partial charge in [0, 0.05) is 24.2 Å². The van der Waals surface area contributed by atoms with Gasteiger partial charge < -0.3 is 10.6 Å². The quantitative estimate of drug-likeness (QED) is 0.947. The van der Waals surface area contributed by atoms with Crippen LogP contribution in [0.25, 0.3) is 10.2 Å². The summed E-state index contributed by atoms with van der Waals surface area (Å²) in [5.74, 6) is 0.0264. The smallest absolute Gasteiger partial charge is 0.266 e. The Kier molecular flexibility index (Phi) is 3.85. The molecule has 0 radical (unpaired) electrons. The maximum atomic E-state index is 12.5. The number of nitrogens with two attached hydrogens (primary N) is 1. The number of carbonyl (C=O) groups is 1. The number of anilines is 1. The highest BCUT2D eigenvalue weighted by Gasteiger charge is 2.22. The molecule has 2 N–H and O–H groups in total. The highest BCUT2D eigenvalue weighted by Crippen LogP contribution is 2.36. The van der Waals surface area contributed by atoms with E-state index in [0.717, 1.165) is 23.1 Å². The van der Waals surface area contributed by atoms with Gasteiger partial charge in [-0.05, 0) is 51.2 Å². The zero-order chi connectivity index (χ0) is 15.0. The van der Waals surface area contributed by atoms with E-state index in [1.807, 2.05) is 13.8 Å². The van der Waals surface area contributed by atoms with Crippen molar-refractivity contribution in [3.8, 4) is 0 Å². The number of rotatable bonds is 3. The highest BCUT2D eigenvalue weighted by molar-refractivity contribution is 7.21. The van der Waals surface area contributed by atoms with E-state index in [1.54, 1.807) is 4.90 Å². The van der Waals surface area contributed by atoms with Crippen LogP contribution >= 0.6 is 11.3 Å². The van der Waals surface area contributed by atoms with Crippen LogP contribution in [0.15, 0.2) is 6.07 Å². The number of carbonyl (C=O) groups excluding carboxylic acids is 1. The molecule has 0 atom stereocenters. The third-order valence-corrected chi connectivity index (χ3v) is 5.35. The van der Waals surface area contributed by atoms with Gasteiger partial charge in [-0.2, -0.15) is 0 Å². The van der Waals surface area contributed by atoms with Gasteiger partial charge in [-0.15, -0.1) is 11.3 Å². The lowest BCUT2D eigenvalue weighted by Crippen LogP contribution is -2.30. The third kappa shape index (κ3) is 2.39. The van der Waals surface area contributed by atoms with Gasteiger partial charge in [0.2, 0.25) is 0 Å². The van der Waals surface area contributed by atoms with Crippen LogP contribution in [0.2, 0.25) is 0 Å². The Balaban J connectivity index is 2.09. The van der Waals surface area contributed by atoms with Crippen LogP contribution in [0.3, 0.4) is 0 Å². The van der Waals surface area contributed by atoms with E-state index in [0.29, 0.717) is 23.7 Å². The lowest BCUT2D eigenvalue weighted by atomic mass is 9.95. The number of thiophene rings is 1. The molecule has 0 unspecified atom stereocenters. The van der Waals surface area contributed by atoms with E-state index in [4.69, 9.17) is 10.7 Å². The Bertz CT molecular complexity index is 688. The van der Waals surface area contributed by atoms with E-state index >= 15 is 0 Å². The van der Waals surface area contributed by atoms with Crippen LogP contribution in [0, 0.1) is 0 Å². The van der Waals surface area contributed by atoms with Crippen molar-refractivity contribution >= 4 is 33.1 Å². The van der Waals surface area contributed by atoms with Gasteiger partial charge in [-0.1, -0.05) is 0 Å². The molecule has 0 bridgehead atoms. The average molecular weight is 303 g/mol. The SMILES string of the molecule is CCN(CC)C(=O)c1sc2nc3c(cc2c1N)CCCC3. The van der Waals surface area contributed by atoms with Crippen molar-refractivity contribution in [2.24, 2.45) is 0 Å². The monoisotopic (exact) mass is 303 g/mol. The zero-order valence-electron chi connectivity index (χ0n) is 12.6. The molecule has 1 aliphatic carbocycles. The Morgan fingerprint density at radius 1 is 1.33 bits per heavy atom. The number of pyridine rings is 1. The maximum absolute atomic E-state index is 12.5. The molecular formula is C16H21N3OS. The molecule has 112 valence electrons. The zero-order valence-corrected chi connectivity index (χ0v) is 13.4. The van der Waals surface area contributed by atoms with E-state index in [-0.39, 0.29) is 5.91 Å². The molecule has 1 amide bonds. The molecule has 0 aliphatic heterocycles. The van der Waals surface area contributed by atoms with Crippen LogP contribution in [-0.2, 0) is 12.8 Å². The van der Waals surface area contributed by atoms with Gasteiger partial charge in [-0.25, -0.2) is 4.98 Å². The molecule has 2 aromatic heterocycles. The summed E-state index contributed by atoms with van der Waals surface area (Å²) in [4.78, 5) is 20.7. The maximum Gasteiger partial charge on any atom is 0.266 e. The number of nitrogen functional groups attached to an aromatic ring is 1. The Hall–Kier alpha value is -1.62. The molecule has 0 spiro atoms. The van der Waals surface area contributed by atoms with Gasteiger partial charge >= 0.3 is 0 Å². The molecule has 1 aliphatic rings. The number of aromatic nitrogens is 1. The van der Waals surface area contributed by atoms with E-state index < -0.39 is 0 Å². The summed E-state index contributed by atoms with van der Waals surface area (Å²) in [5.41, 5.74) is 9.34. The predicted molar refractivity (Wildman–Crippen MR) is 87.9 cm³/mol. The summed E-state index contributed by atoms with van der Waals surface area (Å²) < 4.78 is 0. The summed E-state index contributed by atoms with van der Waals surface area (Å²) in [6.07, 6.45) is 4.54. The molecule has 3 rings (SSSR count). The molecule has 2 heterocycles. The van der Waals surface area contributed by atoms with Crippen molar-refractivity contribution < 1.29 is 4.79 Å². The first-order valence-electron chi connectivity index (χ1n) is 7.65. The Morgan fingerprint density at radius 3 is 2.76 bits per heavy atom. The summed E-state index contributed by atoms with van der Waals surface area (Å²) in [5, 5.41) is 0.955. The summed E-state index contributed by atoms with van der Waals surface area (Å²) >= 11 is 1.44. The topological polar surface area (TPSA) is 59.2 Å². The molecule has 5 heteroatoms. The number of hydrogen-bond donors (Lipinski definition) is 1. The first-order chi connectivity index (χ1) is 10.2. The number of aryl methyl sites for hydroxylation is 2. The van der Waals surface area contributed by atoms with Crippen molar-refractivity contribution in [3.05, 3.63) is 22.2 Å². The summed E-state index contributed by atoms with van der Waals surface area (Å²) in [6, 6.07) is 2.15. The van der Waals surface area contributed by atoms with Crippen molar-refractivity contribution in [2.45, 2.75) is 39.5 Å². The second-order valence-corrected chi connectivity index (χ2v) is 6.48. The van der Waals surface area contributed by atoms with Crippen molar-refractivity contribution in [3.63, 3.8) is 0 Å². The van der Waals surface area contributed by atoms with Gasteiger partial charge in [0.15, 0.2) is 0 Å². The van der Waals surface area contributed by atoms with Crippen LogP contribution in [0.5, 0.6) is 0 Å². The summed E-state index contributed by atoms with van der Waals surface area (Å²) in [7, 11) is 0. The minimum absolute atomic E-state index is 0.0264. The predicted octanol–water partition coefficient (Wildman–Crippen LogP) is 3.24. The highest BCUT2D eigenvalue weighted by atomic mass is 32.1. The van der Waals surface area contributed by atoms with Crippen LogP contribution in [0.1, 0.15) is 47.6 Å². The molecule has 4 nitrogen and oxygen atoms in total. The number of hydrogen-bond acceptors (Lipinski definition) is 4. The molecular weight excluding hydrogens is 282 g/mol. The summed E-state index contributed by atoms with van der Waals surface area (Å²) in [6.45, 7) is 5.38. The fourth-order valence-corrected chi connectivity index (χ4v) is 4.04. The number of amides is 1. The molecule has 0 fully saturated rings. The van der Waals surface area contributed by atoms with Crippen molar-refractivity contribution in [1.82, 2.24) is 9.88 Å². The van der Waals surface area contributed by atoms with E-state index in [9.17, 15) is 4.79 Å². The third-order valence-electron chi connectivity index (χ3n) is 4.24. The fraction of sp³-hybridized carbons (Fsp3) is 0.500. The first-order valence-corrected chi connectivity index (χ1v) is 8.47. The fourth-order valence-electron chi connectivity index (χ4n) is 2.97. The second kappa shape index (κ2) is 5.64. The van der Waals surface area contributed by atoms with Gasteiger partial charge in [-0.3, -0.25) is 4.79 Å². The average Bonchev–Trinajstić information content (AvgIpc) is 2.83. The van der Waals surface area contributed by atoms with Gasteiger partial charge in [0.1, 0.15) is 9.71 Å². The Labute approximate surface area is 129 Å². The number of fused-ring (bicyclic) bond motifs is 2. The van der Waals surface area contributed by atoms with Crippen LogP contribution in [0.4, 0.5) is 5.69 Å². The molecule has 0 saturated carbocycles. The van der Waals surface area contributed by atoms with Crippen LogP contribution in [-0.4, -0.2) is 28.9 Å². The van der Waals surface area contributed by atoms with Gasteiger partial charge in [0.25, 0.3) is 5.91 Å². The lowest BCUT2D eigenvalue weighted by Gasteiger charge is -2.17. The molecule has 0 aromatic carbocycles. The molecule has 21 heavy (non-hydrogen) atoms. The Morgan fingerprint density at radius 2 is 2.05 bits per heavy atom. The van der Waals surface area contributed by atoms with Crippen molar-refractivity contribution in [1.29, 1.82) is 0 Å². The first kappa shape index (κ1) is 14.3. The van der Waals surface area contributed by atoms with E-state index in [1.165, 1.54) is 35.4 Å². The number of nitrogens with zero attached hydrogens (tertiary/aromatic N) is 2. The largest absolute Gasteiger partial charge is 0.397 e. The molecule has 2 aromatic rings. The van der Waals surface area contributed by atoms with Crippen LogP contribution < -0.4 is 5.73 Å². The standard InChI is InChI=1S/C16H21N3OS/c1-3-19(4-2)16(20)14-13(17)11-9-10-7-5-6-8-12(10)18-15(11)21-14/h9H,3-8,17H2,1-2H3. The normalized spacial score (nSPS) is 14.2. The van der Waals surface area contributed by atoms with E-state index in [2.05, 4.69) is 6.07 Å².